The van der Waals surface area contributed by atoms with Crippen LogP contribution in [0.3, 0.4) is 0 Å². The second kappa shape index (κ2) is 19.3. The van der Waals surface area contributed by atoms with Gasteiger partial charge in [-0.2, -0.15) is 0 Å². The van der Waals surface area contributed by atoms with E-state index in [1.165, 1.54) is 103 Å². The van der Waals surface area contributed by atoms with Gasteiger partial charge in [-0.1, -0.05) is 104 Å². The van der Waals surface area contributed by atoms with Gasteiger partial charge in [0.15, 0.2) is 0 Å². The summed E-state index contributed by atoms with van der Waals surface area (Å²) in [6, 6.07) is 0. The summed E-state index contributed by atoms with van der Waals surface area (Å²) < 4.78 is 12.0. The third-order valence-corrected chi connectivity index (χ3v) is 6.44. The predicted octanol–water partition coefficient (Wildman–Crippen LogP) is 7.83. The predicted molar refractivity (Wildman–Crippen MR) is 104 cm³/mol. The Morgan fingerprint density at radius 1 is 0.455 bits per heavy atom. The van der Waals surface area contributed by atoms with Crippen LogP contribution in [0.5, 0.6) is 0 Å². The quantitative estimate of drug-likeness (QED) is 0.185. The molecule has 0 aliphatic heterocycles. The Labute approximate surface area is 141 Å². The van der Waals surface area contributed by atoms with E-state index >= 15 is 0 Å². The van der Waals surface area contributed by atoms with Crippen molar-refractivity contribution in [1.29, 1.82) is 0 Å². The smallest absolute Gasteiger partial charge is 0.0762 e. The number of unbranched alkanes of at least 4 members (excludes halogenated alkanes) is 14. The molecule has 1 nitrogen and oxygen atoms in total. The first-order valence-electron chi connectivity index (χ1n) is 10.3. The molecule has 0 bridgehead atoms. The molecule has 0 radical (unpaired) electrons. The monoisotopic (exact) mass is 330 g/mol. The van der Waals surface area contributed by atoms with E-state index in [0.717, 1.165) is 12.3 Å². The SMILES string of the molecule is CCCCCCCCCC[PH](=O)CCCCCCCCCC. The lowest BCUT2D eigenvalue weighted by atomic mass is 10.1. The molecule has 0 amide bonds. The second-order valence-corrected chi connectivity index (χ2v) is 9.07. The van der Waals surface area contributed by atoms with Crippen molar-refractivity contribution >= 4 is 7.80 Å². The van der Waals surface area contributed by atoms with Crippen LogP contribution in [-0.2, 0) is 4.57 Å². The molecule has 0 aromatic rings. The van der Waals surface area contributed by atoms with E-state index in [9.17, 15) is 4.57 Å². The highest BCUT2D eigenvalue weighted by atomic mass is 31.1. The highest BCUT2D eigenvalue weighted by Crippen LogP contribution is 2.25. The van der Waals surface area contributed by atoms with Crippen LogP contribution in [0.1, 0.15) is 117 Å². The molecular weight excluding hydrogens is 287 g/mol. The van der Waals surface area contributed by atoms with E-state index in [2.05, 4.69) is 13.8 Å². The Morgan fingerprint density at radius 3 is 1.05 bits per heavy atom. The maximum absolute atomic E-state index is 12.0. The van der Waals surface area contributed by atoms with Crippen LogP contribution in [0.4, 0.5) is 0 Å². The molecule has 0 saturated heterocycles. The molecule has 2 heteroatoms. The fourth-order valence-corrected chi connectivity index (χ4v) is 4.58. The average molecular weight is 331 g/mol. The molecule has 0 fully saturated rings. The van der Waals surface area contributed by atoms with Crippen LogP contribution in [0.2, 0.25) is 0 Å². The zero-order chi connectivity index (χ0) is 16.3. The van der Waals surface area contributed by atoms with Crippen LogP contribution >= 0.6 is 7.80 Å². The zero-order valence-electron chi connectivity index (χ0n) is 15.6. The van der Waals surface area contributed by atoms with Gasteiger partial charge < -0.3 is 4.57 Å². The van der Waals surface area contributed by atoms with Gasteiger partial charge >= 0.3 is 0 Å². The molecule has 0 rings (SSSR count). The molecule has 0 heterocycles. The summed E-state index contributed by atoms with van der Waals surface area (Å²) in [5, 5.41) is 0. The molecule has 22 heavy (non-hydrogen) atoms. The van der Waals surface area contributed by atoms with Crippen molar-refractivity contribution in [2.75, 3.05) is 12.3 Å². The van der Waals surface area contributed by atoms with E-state index in [1.54, 1.807) is 0 Å². The molecule has 0 aliphatic rings. The molecule has 0 aliphatic carbocycles. The van der Waals surface area contributed by atoms with E-state index in [-0.39, 0.29) is 0 Å². The van der Waals surface area contributed by atoms with Crippen LogP contribution < -0.4 is 0 Å². The fraction of sp³-hybridized carbons (Fsp3) is 1.00. The lowest BCUT2D eigenvalue weighted by Gasteiger charge is -2.04. The fourth-order valence-electron chi connectivity index (χ4n) is 3.04. The van der Waals surface area contributed by atoms with Gasteiger partial charge in [-0.15, -0.1) is 0 Å². The molecule has 0 aromatic carbocycles. The van der Waals surface area contributed by atoms with Gasteiger partial charge in [-0.05, 0) is 25.2 Å². The summed E-state index contributed by atoms with van der Waals surface area (Å²) in [6.45, 7) is 4.54. The topological polar surface area (TPSA) is 17.1 Å². The van der Waals surface area contributed by atoms with Crippen LogP contribution in [0.15, 0.2) is 0 Å². The van der Waals surface area contributed by atoms with E-state index in [1.807, 2.05) is 0 Å². The minimum atomic E-state index is -1.24. The van der Waals surface area contributed by atoms with Gasteiger partial charge in [0.2, 0.25) is 0 Å². The Balaban J connectivity index is 3.13. The molecule has 0 atom stereocenters. The lowest BCUT2D eigenvalue weighted by molar-refractivity contribution is 0.566. The van der Waals surface area contributed by atoms with E-state index in [4.69, 9.17) is 0 Å². The number of hydrogen-bond donors (Lipinski definition) is 0. The minimum absolute atomic E-state index is 1.02. The standard InChI is InChI=1S/C20H43OP/c1-3-5-7-9-11-13-15-17-19-22(21)20-18-16-14-12-10-8-6-4-2/h22H,3-20H2,1-2H3. The van der Waals surface area contributed by atoms with Gasteiger partial charge in [0.05, 0.1) is 7.80 Å². The summed E-state index contributed by atoms with van der Waals surface area (Å²) in [4.78, 5) is 0. The molecule has 0 N–H and O–H groups in total. The summed E-state index contributed by atoms with van der Waals surface area (Å²) in [5.41, 5.74) is 0. The molecular formula is C20H43OP. The minimum Gasteiger partial charge on any atom is -0.327 e. The van der Waals surface area contributed by atoms with Crippen molar-refractivity contribution in [1.82, 2.24) is 0 Å². The molecule has 0 spiro atoms. The van der Waals surface area contributed by atoms with Gasteiger partial charge in [0.1, 0.15) is 0 Å². The Kier molecular flexibility index (Phi) is 19.5. The maximum atomic E-state index is 12.0. The lowest BCUT2D eigenvalue weighted by Crippen LogP contribution is -1.87. The first-order valence-corrected chi connectivity index (χ1v) is 12.1. The molecule has 0 saturated carbocycles. The Bertz CT molecular complexity index is 206. The number of rotatable bonds is 18. The van der Waals surface area contributed by atoms with Gasteiger partial charge in [0, 0.05) is 0 Å². The average Bonchev–Trinajstić information content (AvgIpc) is 2.52. The van der Waals surface area contributed by atoms with Crippen LogP contribution in [0.25, 0.3) is 0 Å². The first kappa shape index (κ1) is 22.2. The maximum Gasteiger partial charge on any atom is 0.0762 e. The van der Waals surface area contributed by atoms with Gasteiger partial charge in [-0.3, -0.25) is 0 Å². The van der Waals surface area contributed by atoms with E-state index < -0.39 is 7.80 Å². The third kappa shape index (κ3) is 18.3. The Morgan fingerprint density at radius 2 is 0.727 bits per heavy atom. The van der Waals surface area contributed by atoms with Crippen molar-refractivity contribution in [3.63, 3.8) is 0 Å². The summed E-state index contributed by atoms with van der Waals surface area (Å²) in [7, 11) is -1.24. The third-order valence-electron chi connectivity index (χ3n) is 4.62. The summed E-state index contributed by atoms with van der Waals surface area (Å²) >= 11 is 0. The second-order valence-electron chi connectivity index (χ2n) is 6.99. The number of hydrogen-bond acceptors (Lipinski definition) is 1. The van der Waals surface area contributed by atoms with Gasteiger partial charge in [0.25, 0.3) is 0 Å². The van der Waals surface area contributed by atoms with Crippen molar-refractivity contribution < 1.29 is 4.57 Å². The highest BCUT2D eigenvalue weighted by molar-refractivity contribution is 7.44. The van der Waals surface area contributed by atoms with Crippen molar-refractivity contribution in [2.24, 2.45) is 0 Å². The normalized spacial score (nSPS) is 11.4. The van der Waals surface area contributed by atoms with E-state index in [0.29, 0.717) is 0 Å². The highest BCUT2D eigenvalue weighted by Gasteiger charge is 2.00. The van der Waals surface area contributed by atoms with Crippen LogP contribution in [-0.4, -0.2) is 12.3 Å². The molecule has 0 aromatic heterocycles. The molecule has 134 valence electrons. The van der Waals surface area contributed by atoms with Crippen molar-refractivity contribution in [3.05, 3.63) is 0 Å². The summed E-state index contributed by atoms with van der Waals surface area (Å²) in [5.74, 6) is 0. The van der Waals surface area contributed by atoms with Crippen molar-refractivity contribution in [3.8, 4) is 0 Å². The zero-order valence-corrected chi connectivity index (χ0v) is 16.6. The molecule has 0 unspecified atom stereocenters. The summed E-state index contributed by atoms with van der Waals surface area (Å²) in [6.07, 6.45) is 23.7. The first-order chi connectivity index (χ1) is 10.8. The van der Waals surface area contributed by atoms with Gasteiger partial charge in [-0.25, -0.2) is 0 Å². The largest absolute Gasteiger partial charge is 0.327 e. The van der Waals surface area contributed by atoms with Crippen molar-refractivity contribution in [2.45, 2.75) is 117 Å². The Hall–Kier alpha value is 0.230. The van der Waals surface area contributed by atoms with Crippen LogP contribution in [0, 0.1) is 0 Å².